The van der Waals surface area contributed by atoms with Gasteiger partial charge in [0, 0.05) is 18.7 Å². The van der Waals surface area contributed by atoms with Gasteiger partial charge in [-0.2, -0.15) is 0 Å². The number of ether oxygens (including phenoxy) is 1. The minimum absolute atomic E-state index is 0.285. The van der Waals surface area contributed by atoms with Crippen LogP contribution < -0.4 is 10.6 Å². The van der Waals surface area contributed by atoms with Crippen LogP contribution >= 0.6 is 23.2 Å². The Labute approximate surface area is 138 Å². The van der Waals surface area contributed by atoms with Gasteiger partial charge in [0.15, 0.2) is 0 Å². The van der Waals surface area contributed by atoms with E-state index < -0.39 is 0 Å². The lowest BCUT2D eigenvalue weighted by Gasteiger charge is -2.08. The van der Waals surface area contributed by atoms with Gasteiger partial charge in [-0.25, -0.2) is 4.98 Å². The number of benzene rings is 1. The summed E-state index contributed by atoms with van der Waals surface area (Å²) in [5, 5.41) is 6.70. The van der Waals surface area contributed by atoms with Crippen molar-refractivity contribution in [3.63, 3.8) is 0 Å². The molecular formula is C15H15Cl2N3O2. The molecule has 2 rings (SSSR count). The summed E-state index contributed by atoms with van der Waals surface area (Å²) in [4.78, 5) is 16.2. The Balaban J connectivity index is 2.02. The Morgan fingerprint density at radius 3 is 2.77 bits per heavy atom. The standard InChI is InChI=1S/C15H15Cl2N3O2/c1-22-7-6-18-11-3-5-13(19-9-11)15(21)20-14-8-10(16)2-4-12(14)17/h2-5,8-9,18H,6-7H2,1H3,(H,20,21). The first-order valence-electron chi connectivity index (χ1n) is 6.55. The second kappa shape index (κ2) is 7.98. The van der Waals surface area contributed by atoms with Crippen molar-refractivity contribution in [2.75, 3.05) is 30.9 Å². The van der Waals surface area contributed by atoms with Crippen LogP contribution in [0.15, 0.2) is 36.5 Å². The van der Waals surface area contributed by atoms with Gasteiger partial charge >= 0.3 is 0 Å². The van der Waals surface area contributed by atoms with E-state index in [9.17, 15) is 4.79 Å². The number of hydrogen-bond donors (Lipinski definition) is 2. The number of methoxy groups -OCH3 is 1. The van der Waals surface area contributed by atoms with Crippen molar-refractivity contribution in [3.8, 4) is 0 Å². The van der Waals surface area contributed by atoms with Gasteiger partial charge in [0.1, 0.15) is 5.69 Å². The number of rotatable bonds is 6. The van der Waals surface area contributed by atoms with E-state index in [-0.39, 0.29) is 11.6 Å². The Bertz CT molecular complexity index is 648. The molecule has 0 aliphatic carbocycles. The molecule has 0 unspecified atom stereocenters. The molecule has 1 aromatic carbocycles. The lowest BCUT2D eigenvalue weighted by molar-refractivity contribution is 0.102. The van der Waals surface area contributed by atoms with Crippen LogP contribution in [0.3, 0.4) is 0 Å². The van der Waals surface area contributed by atoms with E-state index in [1.54, 1.807) is 43.6 Å². The van der Waals surface area contributed by atoms with Gasteiger partial charge in [0.25, 0.3) is 5.91 Å². The summed E-state index contributed by atoms with van der Waals surface area (Å²) in [7, 11) is 1.63. The molecule has 1 heterocycles. The maximum atomic E-state index is 12.1. The van der Waals surface area contributed by atoms with Crippen molar-refractivity contribution >= 4 is 40.5 Å². The zero-order valence-corrected chi connectivity index (χ0v) is 13.4. The first-order valence-corrected chi connectivity index (χ1v) is 7.31. The molecule has 0 radical (unpaired) electrons. The fourth-order valence-corrected chi connectivity index (χ4v) is 2.05. The van der Waals surface area contributed by atoms with E-state index >= 15 is 0 Å². The third-order valence-electron chi connectivity index (χ3n) is 2.81. The topological polar surface area (TPSA) is 63.2 Å². The van der Waals surface area contributed by atoms with Gasteiger partial charge in [0.2, 0.25) is 0 Å². The Kier molecular flexibility index (Phi) is 6.00. The molecule has 2 aromatic rings. The zero-order chi connectivity index (χ0) is 15.9. The molecule has 0 saturated heterocycles. The lowest BCUT2D eigenvalue weighted by Crippen LogP contribution is -2.14. The number of pyridine rings is 1. The molecule has 5 nitrogen and oxygen atoms in total. The summed E-state index contributed by atoms with van der Waals surface area (Å²) < 4.78 is 4.94. The second-order valence-electron chi connectivity index (χ2n) is 4.43. The number of carbonyl (C=O) groups excluding carboxylic acids is 1. The van der Waals surface area contributed by atoms with Gasteiger partial charge in [-0.1, -0.05) is 23.2 Å². The molecule has 2 N–H and O–H groups in total. The number of halogens is 2. The van der Waals surface area contributed by atoms with E-state index in [0.717, 1.165) is 5.69 Å². The Hall–Kier alpha value is -1.82. The normalized spacial score (nSPS) is 10.3. The summed E-state index contributed by atoms with van der Waals surface area (Å²) in [5.74, 6) is -0.354. The average Bonchev–Trinajstić information content (AvgIpc) is 2.52. The highest BCUT2D eigenvalue weighted by Crippen LogP contribution is 2.25. The molecule has 116 valence electrons. The van der Waals surface area contributed by atoms with Crippen LogP contribution in [0.5, 0.6) is 0 Å². The first-order chi connectivity index (χ1) is 10.6. The second-order valence-corrected chi connectivity index (χ2v) is 5.27. The molecular weight excluding hydrogens is 325 g/mol. The minimum atomic E-state index is -0.354. The molecule has 0 aliphatic heterocycles. The van der Waals surface area contributed by atoms with E-state index in [1.165, 1.54) is 0 Å². The van der Waals surface area contributed by atoms with Crippen molar-refractivity contribution in [3.05, 3.63) is 52.3 Å². The van der Waals surface area contributed by atoms with E-state index in [2.05, 4.69) is 15.6 Å². The maximum absolute atomic E-state index is 12.1. The molecule has 0 bridgehead atoms. The molecule has 7 heteroatoms. The van der Waals surface area contributed by atoms with Gasteiger partial charge in [-0.15, -0.1) is 0 Å². The minimum Gasteiger partial charge on any atom is -0.383 e. The van der Waals surface area contributed by atoms with Crippen LogP contribution in [0.2, 0.25) is 10.0 Å². The number of amides is 1. The van der Waals surface area contributed by atoms with Gasteiger partial charge < -0.3 is 15.4 Å². The highest BCUT2D eigenvalue weighted by Gasteiger charge is 2.10. The fraction of sp³-hybridized carbons (Fsp3) is 0.200. The van der Waals surface area contributed by atoms with Crippen LogP contribution in [0.25, 0.3) is 0 Å². The van der Waals surface area contributed by atoms with E-state index in [0.29, 0.717) is 28.9 Å². The molecule has 22 heavy (non-hydrogen) atoms. The molecule has 1 amide bonds. The summed E-state index contributed by atoms with van der Waals surface area (Å²) in [6.07, 6.45) is 1.59. The van der Waals surface area contributed by atoms with Crippen molar-refractivity contribution in [1.82, 2.24) is 4.98 Å². The molecule has 0 spiro atoms. The van der Waals surface area contributed by atoms with Crippen molar-refractivity contribution < 1.29 is 9.53 Å². The summed E-state index contributed by atoms with van der Waals surface area (Å²) in [6, 6.07) is 8.26. The van der Waals surface area contributed by atoms with Crippen LogP contribution in [-0.4, -0.2) is 31.2 Å². The smallest absolute Gasteiger partial charge is 0.274 e. The SMILES string of the molecule is COCCNc1ccc(C(=O)Nc2cc(Cl)ccc2Cl)nc1. The largest absolute Gasteiger partial charge is 0.383 e. The number of aromatic nitrogens is 1. The lowest BCUT2D eigenvalue weighted by atomic mass is 10.2. The van der Waals surface area contributed by atoms with Gasteiger partial charge in [-0.3, -0.25) is 4.79 Å². The monoisotopic (exact) mass is 339 g/mol. The maximum Gasteiger partial charge on any atom is 0.274 e. The predicted octanol–water partition coefficient (Wildman–Crippen LogP) is 3.70. The molecule has 0 atom stereocenters. The van der Waals surface area contributed by atoms with E-state index in [1.807, 2.05) is 0 Å². The molecule has 0 aliphatic rings. The van der Waals surface area contributed by atoms with Crippen LogP contribution in [0.4, 0.5) is 11.4 Å². The molecule has 0 saturated carbocycles. The number of anilines is 2. The molecule has 0 fully saturated rings. The first kappa shape index (κ1) is 16.5. The number of carbonyl (C=O) groups is 1. The average molecular weight is 340 g/mol. The third-order valence-corrected chi connectivity index (χ3v) is 3.37. The third kappa shape index (κ3) is 4.59. The van der Waals surface area contributed by atoms with Gasteiger partial charge in [-0.05, 0) is 30.3 Å². The number of hydrogen-bond acceptors (Lipinski definition) is 4. The van der Waals surface area contributed by atoms with Crippen LogP contribution in [0, 0.1) is 0 Å². The highest BCUT2D eigenvalue weighted by molar-refractivity contribution is 6.35. The van der Waals surface area contributed by atoms with E-state index in [4.69, 9.17) is 27.9 Å². The zero-order valence-electron chi connectivity index (χ0n) is 11.9. The highest BCUT2D eigenvalue weighted by atomic mass is 35.5. The predicted molar refractivity (Wildman–Crippen MR) is 89.0 cm³/mol. The van der Waals surface area contributed by atoms with Crippen molar-refractivity contribution in [1.29, 1.82) is 0 Å². The summed E-state index contributed by atoms with van der Waals surface area (Å²) >= 11 is 11.9. The van der Waals surface area contributed by atoms with Crippen LogP contribution in [-0.2, 0) is 4.74 Å². The Morgan fingerprint density at radius 2 is 2.09 bits per heavy atom. The summed E-state index contributed by atoms with van der Waals surface area (Å²) in [6.45, 7) is 1.26. The molecule has 1 aromatic heterocycles. The van der Waals surface area contributed by atoms with Crippen molar-refractivity contribution in [2.24, 2.45) is 0 Å². The number of nitrogens with one attached hydrogen (secondary N) is 2. The van der Waals surface area contributed by atoms with Gasteiger partial charge in [0.05, 0.1) is 29.2 Å². The van der Waals surface area contributed by atoms with Crippen molar-refractivity contribution in [2.45, 2.75) is 0 Å². The number of nitrogens with zero attached hydrogens (tertiary/aromatic N) is 1. The fourth-order valence-electron chi connectivity index (χ4n) is 1.71. The quantitative estimate of drug-likeness (QED) is 0.787. The van der Waals surface area contributed by atoms with Crippen LogP contribution in [0.1, 0.15) is 10.5 Å². The summed E-state index contributed by atoms with van der Waals surface area (Å²) in [5.41, 5.74) is 1.55. The Morgan fingerprint density at radius 1 is 1.27 bits per heavy atom.